The fraction of sp³-hybridized carbons (Fsp3) is 0.556. The van der Waals surface area contributed by atoms with Crippen molar-refractivity contribution in [2.75, 3.05) is 6.54 Å². The Morgan fingerprint density at radius 1 is 1.26 bits per heavy atom. The summed E-state index contributed by atoms with van der Waals surface area (Å²) in [6.07, 6.45) is 3.61. The Kier molecular flexibility index (Phi) is 4.64. The van der Waals surface area contributed by atoms with Crippen LogP contribution in [0, 0.1) is 17.7 Å². The number of benzene rings is 1. The number of hydrogen-bond acceptors (Lipinski definition) is 2. The molecule has 4 nitrogen and oxygen atoms in total. The zero-order valence-corrected chi connectivity index (χ0v) is 13.4. The number of hydrogen-bond donors (Lipinski definition) is 1. The average molecular weight is 318 g/mol. The van der Waals surface area contributed by atoms with Crippen LogP contribution in [0.1, 0.15) is 38.2 Å². The fourth-order valence-electron chi connectivity index (χ4n) is 3.26. The minimum absolute atomic E-state index is 0.101. The first-order valence-electron chi connectivity index (χ1n) is 8.39. The van der Waals surface area contributed by atoms with Crippen LogP contribution in [0.2, 0.25) is 0 Å². The largest absolute Gasteiger partial charge is 0.350 e. The number of carbonyl (C=O) groups excluding carboxylic acids is 2. The molecule has 1 N–H and O–H groups in total. The molecule has 23 heavy (non-hydrogen) atoms. The number of nitrogens with zero attached hydrogens (tertiary/aromatic N) is 1. The van der Waals surface area contributed by atoms with E-state index in [0.717, 1.165) is 31.2 Å². The topological polar surface area (TPSA) is 49.4 Å². The maximum absolute atomic E-state index is 12.9. The van der Waals surface area contributed by atoms with Gasteiger partial charge in [-0.2, -0.15) is 0 Å². The number of rotatable bonds is 4. The summed E-state index contributed by atoms with van der Waals surface area (Å²) in [5.74, 6) is 0.311. The molecule has 1 heterocycles. The molecule has 5 heteroatoms. The van der Waals surface area contributed by atoms with E-state index >= 15 is 0 Å². The van der Waals surface area contributed by atoms with E-state index in [4.69, 9.17) is 0 Å². The lowest BCUT2D eigenvalue weighted by Gasteiger charge is -2.35. The van der Waals surface area contributed by atoms with Gasteiger partial charge in [0.15, 0.2) is 0 Å². The first-order valence-corrected chi connectivity index (χ1v) is 8.39. The van der Waals surface area contributed by atoms with Gasteiger partial charge in [-0.05, 0) is 49.3 Å². The first kappa shape index (κ1) is 16.0. The van der Waals surface area contributed by atoms with E-state index in [9.17, 15) is 14.0 Å². The minimum atomic E-state index is -0.357. The molecule has 0 radical (unpaired) electrons. The van der Waals surface area contributed by atoms with Crippen molar-refractivity contribution in [3.05, 3.63) is 35.6 Å². The Labute approximate surface area is 136 Å². The van der Waals surface area contributed by atoms with Gasteiger partial charge in [0.25, 0.3) is 0 Å². The van der Waals surface area contributed by atoms with Crippen LogP contribution in [0.5, 0.6) is 0 Å². The maximum Gasteiger partial charge on any atom is 0.243 e. The molecule has 3 atom stereocenters. The predicted octanol–water partition coefficient (Wildman–Crippen LogP) is 2.48. The van der Waals surface area contributed by atoms with Crippen LogP contribution in [0.3, 0.4) is 0 Å². The molecule has 0 bridgehead atoms. The Bertz CT molecular complexity index is 587. The molecule has 1 saturated carbocycles. The molecule has 1 aliphatic carbocycles. The molecule has 124 valence electrons. The van der Waals surface area contributed by atoms with E-state index in [1.165, 1.54) is 12.1 Å². The standard InChI is InChI=1S/C18H23FN2O2/c1-12-10-15(12)18(23)21-9-3-2-4-16(21)17(22)20-11-13-5-7-14(19)8-6-13/h5-8,12,15-16H,2-4,9-11H2,1H3,(H,20,22)/t12-,15+,16+/m1/s1. The van der Waals surface area contributed by atoms with E-state index in [1.807, 2.05) is 0 Å². The van der Waals surface area contributed by atoms with Gasteiger partial charge < -0.3 is 10.2 Å². The van der Waals surface area contributed by atoms with Gasteiger partial charge >= 0.3 is 0 Å². The van der Waals surface area contributed by atoms with Crippen LogP contribution in [-0.4, -0.2) is 29.3 Å². The van der Waals surface area contributed by atoms with Crippen molar-refractivity contribution in [3.63, 3.8) is 0 Å². The van der Waals surface area contributed by atoms with Crippen molar-refractivity contribution in [2.24, 2.45) is 11.8 Å². The van der Waals surface area contributed by atoms with E-state index in [-0.39, 0.29) is 29.6 Å². The lowest BCUT2D eigenvalue weighted by atomic mass is 10.00. The zero-order valence-electron chi connectivity index (χ0n) is 13.4. The molecule has 1 aliphatic heterocycles. The highest BCUT2D eigenvalue weighted by molar-refractivity contribution is 5.89. The Morgan fingerprint density at radius 2 is 1.96 bits per heavy atom. The Balaban J connectivity index is 1.59. The summed E-state index contributed by atoms with van der Waals surface area (Å²) in [7, 11) is 0. The summed E-state index contributed by atoms with van der Waals surface area (Å²) in [6.45, 7) is 3.12. The van der Waals surface area contributed by atoms with Crippen LogP contribution < -0.4 is 5.32 Å². The van der Waals surface area contributed by atoms with Crippen molar-refractivity contribution in [2.45, 2.75) is 45.2 Å². The molecular weight excluding hydrogens is 295 g/mol. The molecule has 2 fully saturated rings. The van der Waals surface area contributed by atoms with E-state index in [0.29, 0.717) is 19.0 Å². The molecule has 1 saturated heterocycles. The van der Waals surface area contributed by atoms with Crippen molar-refractivity contribution >= 4 is 11.8 Å². The smallest absolute Gasteiger partial charge is 0.243 e. The molecule has 2 amide bonds. The van der Waals surface area contributed by atoms with Crippen molar-refractivity contribution in [1.29, 1.82) is 0 Å². The monoisotopic (exact) mass is 318 g/mol. The number of nitrogens with one attached hydrogen (secondary N) is 1. The zero-order chi connectivity index (χ0) is 16.4. The highest BCUT2D eigenvalue weighted by Crippen LogP contribution is 2.40. The van der Waals surface area contributed by atoms with Crippen molar-refractivity contribution in [1.82, 2.24) is 10.2 Å². The van der Waals surface area contributed by atoms with E-state index in [2.05, 4.69) is 12.2 Å². The minimum Gasteiger partial charge on any atom is -0.350 e. The lowest BCUT2D eigenvalue weighted by molar-refractivity contribution is -0.143. The summed E-state index contributed by atoms with van der Waals surface area (Å²) in [6, 6.07) is 5.72. The highest BCUT2D eigenvalue weighted by Gasteiger charge is 2.44. The third-order valence-corrected chi connectivity index (χ3v) is 4.90. The molecule has 0 aromatic heterocycles. The van der Waals surface area contributed by atoms with E-state index in [1.54, 1.807) is 17.0 Å². The second-order valence-corrected chi connectivity index (χ2v) is 6.71. The fourth-order valence-corrected chi connectivity index (χ4v) is 3.26. The second kappa shape index (κ2) is 6.69. The van der Waals surface area contributed by atoms with Gasteiger partial charge in [-0.15, -0.1) is 0 Å². The highest BCUT2D eigenvalue weighted by atomic mass is 19.1. The van der Waals surface area contributed by atoms with Crippen LogP contribution in [0.15, 0.2) is 24.3 Å². The Hall–Kier alpha value is -1.91. The normalized spacial score (nSPS) is 26.7. The van der Waals surface area contributed by atoms with Crippen LogP contribution in [-0.2, 0) is 16.1 Å². The number of likely N-dealkylation sites (tertiary alicyclic amines) is 1. The summed E-state index contributed by atoms with van der Waals surface area (Å²) < 4.78 is 12.9. The van der Waals surface area contributed by atoms with Crippen LogP contribution >= 0.6 is 0 Å². The SMILES string of the molecule is C[C@@H]1C[C@@H]1C(=O)N1CCCC[C@H]1C(=O)NCc1ccc(F)cc1. The summed E-state index contributed by atoms with van der Waals surface area (Å²) in [5, 5.41) is 2.89. The summed E-state index contributed by atoms with van der Waals surface area (Å²) in [5.41, 5.74) is 0.851. The van der Waals surface area contributed by atoms with Crippen molar-refractivity contribution < 1.29 is 14.0 Å². The predicted molar refractivity (Wildman–Crippen MR) is 84.9 cm³/mol. The second-order valence-electron chi connectivity index (χ2n) is 6.71. The molecule has 1 aromatic carbocycles. The molecule has 0 spiro atoms. The Morgan fingerprint density at radius 3 is 2.61 bits per heavy atom. The summed E-state index contributed by atoms with van der Waals surface area (Å²) >= 11 is 0. The summed E-state index contributed by atoms with van der Waals surface area (Å²) in [4.78, 5) is 26.8. The number of halogens is 1. The lowest BCUT2D eigenvalue weighted by Crippen LogP contribution is -2.52. The van der Waals surface area contributed by atoms with Gasteiger partial charge in [-0.25, -0.2) is 4.39 Å². The molecule has 3 rings (SSSR count). The number of carbonyl (C=O) groups is 2. The first-order chi connectivity index (χ1) is 11.1. The number of amides is 2. The number of piperidine rings is 1. The third-order valence-electron chi connectivity index (χ3n) is 4.90. The maximum atomic E-state index is 12.9. The molecule has 0 unspecified atom stereocenters. The van der Waals surface area contributed by atoms with Gasteiger partial charge in [0, 0.05) is 19.0 Å². The van der Waals surface area contributed by atoms with Gasteiger partial charge in [-0.1, -0.05) is 19.1 Å². The van der Waals surface area contributed by atoms with Crippen LogP contribution in [0.4, 0.5) is 4.39 Å². The van der Waals surface area contributed by atoms with Crippen molar-refractivity contribution in [3.8, 4) is 0 Å². The van der Waals surface area contributed by atoms with Gasteiger partial charge in [-0.3, -0.25) is 9.59 Å². The van der Waals surface area contributed by atoms with Gasteiger partial charge in [0.1, 0.15) is 11.9 Å². The third kappa shape index (κ3) is 3.71. The average Bonchev–Trinajstić information content (AvgIpc) is 3.30. The quantitative estimate of drug-likeness (QED) is 0.927. The molecule has 1 aromatic rings. The van der Waals surface area contributed by atoms with E-state index < -0.39 is 0 Å². The van der Waals surface area contributed by atoms with Crippen LogP contribution in [0.25, 0.3) is 0 Å². The molecule has 2 aliphatic rings. The van der Waals surface area contributed by atoms with Gasteiger partial charge in [0.2, 0.25) is 11.8 Å². The molecular formula is C18H23FN2O2. The van der Waals surface area contributed by atoms with Gasteiger partial charge in [0.05, 0.1) is 0 Å².